The quantitative estimate of drug-likeness (QED) is 0.478. The smallest absolute Gasteiger partial charge is 0.255 e. The number of hydrogen-bond donors (Lipinski definition) is 1. The van der Waals surface area contributed by atoms with E-state index in [0.717, 1.165) is 5.56 Å². The number of carbonyl (C=O) groups is 1. The molecule has 1 aliphatic rings. The molecule has 0 aliphatic carbocycles. The molecule has 0 bridgehead atoms. The van der Waals surface area contributed by atoms with Crippen LogP contribution in [0.1, 0.15) is 24.5 Å². The lowest BCUT2D eigenvalue weighted by Gasteiger charge is -2.19. The van der Waals surface area contributed by atoms with Gasteiger partial charge in [-0.1, -0.05) is 18.8 Å². The monoisotopic (exact) mass is 444 g/mol. The van der Waals surface area contributed by atoms with Crippen LogP contribution in [0.5, 0.6) is 11.6 Å². The number of hydrogen-bond acceptors (Lipinski definition) is 5. The van der Waals surface area contributed by atoms with Gasteiger partial charge in [-0.3, -0.25) is 9.78 Å². The van der Waals surface area contributed by atoms with Gasteiger partial charge in [0.15, 0.2) is 6.17 Å². The van der Waals surface area contributed by atoms with Gasteiger partial charge in [0.1, 0.15) is 12.4 Å². The van der Waals surface area contributed by atoms with Crippen LogP contribution in [0, 0.1) is 24.3 Å². The third kappa shape index (κ3) is 4.42. The maximum absolute atomic E-state index is 14.1. The summed E-state index contributed by atoms with van der Waals surface area (Å²) >= 11 is 0. The van der Waals surface area contributed by atoms with E-state index in [1.807, 2.05) is 6.92 Å². The molecule has 1 amide bonds. The number of nitrogens with zero attached hydrogens (tertiary/aromatic N) is 3. The van der Waals surface area contributed by atoms with Crippen LogP contribution in [0.4, 0.5) is 10.1 Å². The van der Waals surface area contributed by atoms with E-state index >= 15 is 0 Å². The Hall–Kier alpha value is -4.17. The first kappa shape index (κ1) is 22.0. The van der Waals surface area contributed by atoms with Gasteiger partial charge in [0, 0.05) is 35.5 Å². The van der Waals surface area contributed by atoms with Crippen molar-refractivity contribution in [2.45, 2.75) is 25.6 Å². The zero-order chi connectivity index (χ0) is 23.4. The maximum Gasteiger partial charge on any atom is 0.255 e. The Morgan fingerprint density at radius 1 is 1.24 bits per heavy atom. The van der Waals surface area contributed by atoms with Gasteiger partial charge in [-0.05, 0) is 36.1 Å². The number of fused-ring (bicyclic) bond motifs is 1. The van der Waals surface area contributed by atoms with Crippen molar-refractivity contribution in [1.82, 2.24) is 15.3 Å². The van der Waals surface area contributed by atoms with Crippen molar-refractivity contribution in [2.75, 3.05) is 13.7 Å². The SMILES string of the molecule is [C-]#[N+]c1cc2c(C#Cc3ccncc3)cnc(OC[C@H]3NC(=O)[C@@H](F)[C@H]3CC)c2cc1OC. The number of halogens is 1. The fourth-order valence-corrected chi connectivity index (χ4v) is 3.86. The molecule has 1 aromatic carbocycles. The van der Waals surface area contributed by atoms with Gasteiger partial charge in [0.2, 0.25) is 11.6 Å². The predicted molar refractivity (Wildman–Crippen MR) is 121 cm³/mol. The highest BCUT2D eigenvalue weighted by atomic mass is 19.1. The summed E-state index contributed by atoms with van der Waals surface area (Å²) in [6.45, 7) is 9.39. The Bertz CT molecular complexity index is 1290. The van der Waals surface area contributed by atoms with Crippen molar-refractivity contribution < 1.29 is 18.7 Å². The summed E-state index contributed by atoms with van der Waals surface area (Å²) in [7, 11) is 1.48. The third-order valence-electron chi connectivity index (χ3n) is 5.63. The van der Waals surface area contributed by atoms with Gasteiger partial charge >= 0.3 is 0 Å². The minimum Gasteiger partial charge on any atom is -0.508 e. The minimum atomic E-state index is -1.54. The van der Waals surface area contributed by atoms with Crippen molar-refractivity contribution in [3.63, 3.8) is 0 Å². The summed E-state index contributed by atoms with van der Waals surface area (Å²) in [4.78, 5) is 23.7. The standard InChI is InChI=1S/C25H21FN4O3/c1-4-17-21(30-24(31)23(17)26)14-33-25-19-12-22(32-3)20(27-2)11-18(19)16(13-29-25)6-5-15-7-9-28-10-8-15/h7-13,17,21,23H,4,14H2,1,3H3,(H,30,31)/t17-,21+,23-/m0/s1. The van der Waals surface area contributed by atoms with E-state index in [4.69, 9.17) is 16.0 Å². The molecule has 1 N–H and O–H groups in total. The number of methoxy groups -OCH3 is 1. The van der Waals surface area contributed by atoms with Crippen LogP contribution in [0.25, 0.3) is 15.6 Å². The molecule has 3 aromatic rings. The minimum absolute atomic E-state index is 0.0711. The third-order valence-corrected chi connectivity index (χ3v) is 5.63. The van der Waals surface area contributed by atoms with Crippen molar-refractivity contribution >= 4 is 22.4 Å². The van der Waals surface area contributed by atoms with E-state index in [0.29, 0.717) is 40.1 Å². The lowest BCUT2D eigenvalue weighted by molar-refractivity contribution is -0.123. The van der Waals surface area contributed by atoms with Crippen molar-refractivity contribution in [3.8, 4) is 23.5 Å². The summed E-state index contributed by atoms with van der Waals surface area (Å²) in [6.07, 6.45) is 3.86. The molecule has 7 nitrogen and oxygen atoms in total. The lowest BCUT2D eigenvalue weighted by Crippen LogP contribution is -2.34. The number of rotatable bonds is 5. The molecule has 1 fully saturated rings. The van der Waals surface area contributed by atoms with Crippen LogP contribution in [0.2, 0.25) is 0 Å². The first-order valence-corrected chi connectivity index (χ1v) is 10.4. The fourth-order valence-electron chi connectivity index (χ4n) is 3.86. The van der Waals surface area contributed by atoms with E-state index < -0.39 is 24.0 Å². The first-order chi connectivity index (χ1) is 16.0. The van der Waals surface area contributed by atoms with Gasteiger partial charge in [-0.15, -0.1) is 0 Å². The van der Waals surface area contributed by atoms with E-state index in [-0.39, 0.29) is 6.61 Å². The normalized spacial score (nSPS) is 19.3. The van der Waals surface area contributed by atoms with Crippen molar-refractivity contribution in [3.05, 3.63) is 65.4 Å². The summed E-state index contributed by atoms with van der Waals surface area (Å²) in [5, 5.41) is 3.94. The summed E-state index contributed by atoms with van der Waals surface area (Å²) in [6, 6.07) is 6.52. The Morgan fingerprint density at radius 2 is 2.03 bits per heavy atom. The molecule has 33 heavy (non-hydrogen) atoms. The summed E-state index contributed by atoms with van der Waals surface area (Å²) < 4.78 is 25.4. The molecule has 0 spiro atoms. The molecule has 0 saturated carbocycles. The molecule has 0 unspecified atom stereocenters. The Labute approximate surface area is 190 Å². The average Bonchev–Trinajstić information content (AvgIpc) is 3.13. The highest BCUT2D eigenvalue weighted by Gasteiger charge is 2.41. The fraction of sp³-hybridized carbons (Fsp3) is 0.280. The Balaban J connectivity index is 1.73. The van der Waals surface area contributed by atoms with Crippen LogP contribution in [0.3, 0.4) is 0 Å². The molecule has 0 radical (unpaired) electrons. The van der Waals surface area contributed by atoms with E-state index in [1.54, 1.807) is 42.9 Å². The Kier molecular flexibility index (Phi) is 6.37. The van der Waals surface area contributed by atoms with Gasteiger partial charge in [0.25, 0.3) is 5.91 Å². The molecular formula is C25H21FN4O3. The Morgan fingerprint density at radius 3 is 2.73 bits per heavy atom. The second-order valence-corrected chi connectivity index (χ2v) is 7.54. The second kappa shape index (κ2) is 9.54. The number of benzene rings is 1. The number of aromatic nitrogens is 2. The molecule has 3 atom stereocenters. The number of carbonyl (C=O) groups excluding carboxylic acids is 1. The summed E-state index contributed by atoms with van der Waals surface area (Å²) in [5.41, 5.74) is 1.75. The molecule has 3 heterocycles. The van der Waals surface area contributed by atoms with E-state index in [1.165, 1.54) is 7.11 Å². The lowest BCUT2D eigenvalue weighted by atomic mass is 9.97. The zero-order valence-electron chi connectivity index (χ0n) is 18.1. The number of alkyl halides is 1. The maximum atomic E-state index is 14.1. The largest absolute Gasteiger partial charge is 0.508 e. The molecule has 1 aliphatic heterocycles. The molecule has 166 valence electrons. The molecular weight excluding hydrogens is 423 g/mol. The van der Waals surface area contributed by atoms with Crippen LogP contribution in [-0.4, -0.2) is 41.8 Å². The van der Waals surface area contributed by atoms with Gasteiger partial charge in [-0.2, -0.15) is 0 Å². The number of pyridine rings is 2. The summed E-state index contributed by atoms with van der Waals surface area (Å²) in [5.74, 6) is 5.77. The van der Waals surface area contributed by atoms with Gasteiger partial charge in [0.05, 0.1) is 25.3 Å². The topological polar surface area (TPSA) is 77.7 Å². The molecule has 2 aromatic heterocycles. The average molecular weight is 444 g/mol. The van der Waals surface area contributed by atoms with E-state index in [2.05, 4.69) is 32.0 Å². The number of nitrogens with one attached hydrogen (secondary N) is 1. The van der Waals surface area contributed by atoms with Crippen molar-refractivity contribution in [2.24, 2.45) is 5.92 Å². The zero-order valence-corrected chi connectivity index (χ0v) is 18.1. The van der Waals surface area contributed by atoms with Crippen LogP contribution in [-0.2, 0) is 4.79 Å². The van der Waals surface area contributed by atoms with Gasteiger partial charge < -0.3 is 14.8 Å². The highest BCUT2D eigenvalue weighted by Crippen LogP contribution is 2.37. The van der Waals surface area contributed by atoms with E-state index in [9.17, 15) is 9.18 Å². The van der Waals surface area contributed by atoms with Crippen molar-refractivity contribution in [1.29, 1.82) is 0 Å². The molecule has 1 saturated heterocycles. The first-order valence-electron chi connectivity index (χ1n) is 10.4. The predicted octanol–water partition coefficient (Wildman–Crippen LogP) is 3.83. The molecule has 8 heteroatoms. The number of ether oxygens (including phenoxy) is 2. The highest BCUT2D eigenvalue weighted by molar-refractivity contribution is 5.96. The second-order valence-electron chi connectivity index (χ2n) is 7.54. The number of amides is 1. The van der Waals surface area contributed by atoms with Crippen LogP contribution in [0.15, 0.2) is 42.9 Å². The van der Waals surface area contributed by atoms with Crippen LogP contribution >= 0.6 is 0 Å². The van der Waals surface area contributed by atoms with Crippen LogP contribution < -0.4 is 14.8 Å². The molecule has 4 rings (SSSR count). The van der Waals surface area contributed by atoms with Gasteiger partial charge in [-0.25, -0.2) is 14.2 Å².